The Morgan fingerprint density at radius 3 is 2.62 bits per heavy atom. The first-order chi connectivity index (χ1) is 12.5. The Bertz CT molecular complexity index is 801. The average Bonchev–Trinajstić information content (AvgIpc) is 3.23. The zero-order valence-corrected chi connectivity index (χ0v) is 15.7. The Morgan fingerprint density at radius 2 is 1.92 bits per heavy atom. The van der Waals surface area contributed by atoms with E-state index in [-0.39, 0.29) is 30.0 Å². The molecule has 0 N–H and O–H groups in total. The molecule has 1 aromatic heterocycles. The molecule has 0 bridgehead atoms. The van der Waals surface area contributed by atoms with Crippen LogP contribution < -0.4 is 0 Å². The number of nitrogens with zero attached hydrogens (tertiary/aromatic N) is 3. The van der Waals surface area contributed by atoms with Crippen molar-refractivity contribution in [2.24, 2.45) is 18.9 Å². The molecule has 2 aromatic rings. The van der Waals surface area contributed by atoms with E-state index >= 15 is 0 Å². The lowest BCUT2D eigenvalue weighted by Crippen LogP contribution is -2.28. The minimum atomic E-state index is -0.327. The van der Waals surface area contributed by atoms with Gasteiger partial charge in [-0.05, 0) is 44.0 Å². The Balaban J connectivity index is 1.73. The van der Waals surface area contributed by atoms with Crippen molar-refractivity contribution in [1.82, 2.24) is 14.8 Å². The van der Waals surface area contributed by atoms with Gasteiger partial charge in [0.25, 0.3) is 0 Å². The number of aryl methyl sites for hydroxylation is 1. The van der Waals surface area contributed by atoms with Gasteiger partial charge in [0.1, 0.15) is 11.6 Å². The molecule has 1 heterocycles. The molecular weight excluding hydrogens is 354 g/mol. The molecule has 3 rings (SSSR count). The second-order valence-corrected chi connectivity index (χ2v) is 6.96. The molecule has 2 unspecified atom stereocenters. The second-order valence-electron chi connectivity index (χ2n) is 6.52. The molecule has 1 aliphatic carbocycles. The van der Waals surface area contributed by atoms with Crippen molar-refractivity contribution < 1.29 is 14.3 Å². The fourth-order valence-corrected chi connectivity index (χ4v) is 3.58. The summed E-state index contributed by atoms with van der Waals surface area (Å²) in [6.07, 6.45) is 2.47. The van der Waals surface area contributed by atoms with E-state index < -0.39 is 0 Å². The van der Waals surface area contributed by atoms with Crippen molar-refractivity contribution in [2.45, 2.75) is 32.6 Å². The second kappa shape index (κ2) is 7.99. The number of halogens is 1. The highest BCUT2D eigenvalue weighted by atomic mass is 35.5. The summed E-state index contributed by atoms with van der Waals surface area (Å²) in [5.74, 6) is 0.299. The van der Waals surface area contributed by atoms with Gasteiger partial charge < -0.3 is 4.74 Å². The molecular formula is C19H22ClN3O3. The van der Waals surface area contributed by atoms with Crippen LogP contribution >= 0.6 is 11.6 Å². The Labute approximate surface area is 157 Å². The van der Waals surface area contributed by atoms with E-state index in [1.807, 2.05) is 12.1 Å². The van der Waals surface area contributed by atoms with Crippen LogP contribution in [0.5, 0.6) is 0 Å². The first kappa shape index (κ1) is 18.6. The number of hydrogen-bond acceptors (Lipinski definition) is 5. The fraction of sp³-hybridized carbons (Fsp3) is 0.474. The molecule has 6 nitrogen and oxygen atoms in total. The number of ketones is 1. The van der Waals surface area contributed by atoms with Crippen LogP contribution in [0.2, 0.25) is 5.02 Å². The summed E-state index contributed by atoms with van der Waals surface area (Å²) < 4.78 is 6.74. The number of aromatic nitrogens is 3. The number of esters is 1. The van der Waals surface area contributed by atoms with Gasteiger partial charge in [-0.15, -0.1) is 0 Å². The zero-order chi connectivity index (χ0) is 18.7. The van der Waals surface area contributed by atoms with Crippen molar-refractivity contribution in [3.63, 3.8) is 0 Å². The van der Waals surface area contributed by atoms with E-state index in [0.29, 0.717) is 29.7 Å². The normalized spacial score (nSPS) is 19.5. The minimum Gasteiger partial charge on any atom is -0.466 e. The van der Waals surface area contributed by atoms with Crippen molar-refractivity contribution in [3.05, 3.63) is 35.1 Å². The molecule has 1 saturated carbocycles. The number of rotatable bonds is 6. The van der Waals surface area contributed by atoms with E-state index in [1.54, 1.807) is 30.8 Å². The Kier molecular flexibility index (Phi) is 5.71. The summed E-state index contributed by atoms with van der Waals surface area (Å²) in [6.45, 7) is 2.12. The molecule has 0 amide bonds. The highest BCUT2D eigenvalue weighted by Gasteiger charge is 2.38. The van der Waals surface area contributed by atoms with E-state index in [9.17, 15) is 9.59 Å². The van der Waals surface area contributed by atoms with Crippen LogP contribution in [0.1, 0.15) is 32.0 Å². The Morgan fingerprint density at radius 1 is 1.23 bits per heavy atom. The van der Waals surface area contributed by atoms with Crippen LogP contribution in [0.25, 0.3) is 11.4 Å². The third kappa shape index (κ3) is 3.96. The SMILES string of the molecule is CCOC(=O)C1CCCC1C(=O)Cc1nc(-c2ccc(Cl)cc2)nn1C. The molecule has 0 aliphatic heterocycles. The molecule has 138 valence electrons. The lowest BCUT2D eigenvalue weighted by Gasteiger charge is -2.16. The molecule has 1 fully saturated rings. The van der Waals surface area contributed by atoms with Crippen LogP contribution in [0, 0.1) is 11.8 Å². The summed E-state index contributed by atoms with van der Waals surface area (Å²) >= 11 is 5.91. The van der Waals surface area contributed by atoms with Crippen LogP contribution in [0.3, 0.4) is 0 Å². The highest BCUT2D eigenvalue weighted by molar-refractivity contribution is 6.30. The smallest absolute Gasteiger partial charge is 0.309 e. The quantitative estimate of drug-likeness (QED) is 0.724. The average molecular weight is 376 g/mol. The fourth-order valence-electron chi connectivity index (χ4n) is 3.46. The molecule has 0 radical (unpaired) electrons. The van der Waals surface area contributed by atoms with E-state index in [1.165, 1.54) is 0 Å². The van der Waals surface area contributed by atoms with Crippen molar-refractivity contribution in [2.75, 3.05) is 6.61 Å². The van der Waals surface area contributed by atoms with Crippen molar-refractivity contribution >= 4 is 23.4 Å². The topological polar surface area (TPSA) is 74.1 Å². The third-order valence-electron chi connectivity index (χ3n) is 4.81. The largest absolute Gasteiger partial charge is 0.466 e. The lowest BCUT2D eigenvalue weighted by atomic mass is 9.90. The molecule has 0 spiro atoms. The number of hydrogen-bond donors (Lipinski definition) is 0. The molecule has 1 aliphatic rings. The van der Waals surface area contributed by atoms with Gasteiger partial charge in [0.15, 0.2) is 5.82 Å². The number of carbonyl (C=O) groups is 2. The Hall–Kier alpha value is -2.21. The molecule has 2 atom stereocenters. The van der Waals surface area contributed by atoms with Crippen molar-refractivity contribution in [3.8, 4) is 11.4 Å². The monoisotopic (exact) mass is 375 g/mol. The molecule has 7 heteroatoms. The summed E-state index contributed by atoms with van der Waals surface area (Å²) in [5.41, 5.74) is 0.842. The van der Waals surface area contributed by atoms with Gasteiger partial charge in [-0.3, -0.25) is 14.3 Å². The van der Waals surface area contributed by atoms with Gasteiger partial charge in [-0.2, -0.15) is 5.10 Å². The highest BCUT2D eigenvalue weighted by Crippen LogP contribution is 2.34. The number of Topliss-reactive ketones (excluding diaryl/α,β-unsaturated/α-hetero) is 1. The van der Waals surface area contributed by atoms with E-state index in [2.05, 4.69) is 10.1 Å². The van der Waals surface area contributed by atoms with Crippen LogP contribution in [0.15, 0.2) is 24.3 Å². The van der Waals surface area contributed by atoms with Gasteiger partial charge in [-0.25, -0.2) is 4.98 Å². The van der Waals surface area contributed by atoms with Gasteiger partial charge >= 0.3 is 5.97 Å². The number of carbonyl (C=O) groups excluding carboxylic acids is 2. The van der Waals surface area contributed by atoms with Gasteiger partial charge in [-0.1, -0.05) is 18.0 Å². The van der Waals surface area contributed by atoms with Gasteiger partial charge in [0, 0.05) is 23.6 Å². The zero-order valence-electron chi connectivity index (χ0n) is 14.9. The maximum Gasteiger partial charge on any atom is 0.309 e. The summed E-state index contributed by atoms with van der Waals surface area (Å²) in [4.78, 5) is 29.3. The third-order valence-corrected chi connectivity index (χ3v) is 5.06. The summed E-state index contributed by atoms with van der Waals surface area (Å²) in [5, 5.41) is 5.04. The van der Waals surface area contributed by atoms with Crippen LogP contribution in [-0.2, 0) is 27.8 Å². The molecule has 1 aromatic carbocycles. The molecule has 0 saturated heterocycles. The van der Waals surface area contributed by atoms with E-state index in [0.717, 1.165) is 18.4 Å². The van der Waals surface area contributed by atoms with Crippen molar-refractivity contribution in [1.29, 1.82) is 0 Å². The minimum absolute atomic E-state index is 0.0266. The summed E-state index contributed by atoms with van der Waals surface area (Å²) in [7, 11) is 1.77. The standard InChI is InChI=1S/C19H22ClN3O3/c1-3-26-19(25)15-6-4-5-14(15)16(24)11-17-21-18(22-23(17)2)12-7-9-13(20)10-8-12/h7-10,14-15H,3-6,11H2,1-2H3. The number of benzene rings is 1. The first-order valence-electron chi connectivity index (χ1n) is 8.84. The maximum atomic E-state index is 12.8. The first-order valence-corrected chi connectivity index (χ1v) is 9.22. The number of ether oxygens (including phenoxy) is 1. The van der Waals surface area contributed by atoms with Crippen LogP contribution in [-0.4, -0.2) is 33.1 Å². The van der Waals surface area contributed by atoms with Gasteiger partial charge in [0.05, 0.1) is 18.9 Å². The predicted octanol–water partition coefficient (Wildman–Crippen LogP) is 3.23. The van der Waals surface area contributed by atoms with Gasteiger partial charge in [0.2, 0.25) is 0 Å². The summed E-state index contributed by atoms with van der Waals surface area (Å²) in [6, 6.07) is 7.25. The predicted molar refractivity (Wildman–Crippen MR) is 97.6 cm³/mol. The lowest BCUT2D eigenvalue weighted by molar-refractivity contribution is -0.151. The van der Waals surface area contributed by atoms with Crippen LogP contribution in [0.4, 0.5) is 0 Å². The van der Waals surface area contributed by atoms with E-state index in [4.69, 9.17) is 16.3 Å². The maximum absolute atomic E-state index is 12.8. The molecule has 26 heavy (non-hydrogen) atoms.